The van der Waals surface area contributed by atoms with Gasteiger partial charge in [-0.15, -0.1) is 0 Å². The Kier molecular flexibility index (Phi) is 4.57. The maximum absolute atomic E-state index is 13.3. The largest absolute Gasteiger partial charge is 0.308 e. The van der Waals surface area contributed by atoms with Crippen LogP contribution < -0.4 is 5.32 Å². The molecular weight excluding hydrogens is 322 g/mol. The number of amides is 1. The molecule has 132 valence electrons. The van der Waals surface area contributed by atoms with E-state index in [0.717, 1.165) is 36.9 Å². The Bertz CT molecular complexity index is 865. The average Bonchev–Trinajstić information content (AvgIpc) is 3.18. The predicted molar refractivity (Wildman–Crippen MR) is 103 cm³/mol. The summed E-state index contributed by atoms with van der Waals surface area (Å²) in [6, 6.07) is 21.9. The van der Waals surface area contributed by atoms with E-state index in [4.69, 9.17) is 0 Å². The van der Waals surface area contributed by atoms with E-state index >= 15 is 0 Å². The maximum atomic E-state index is 13.3. The van der Waals surface area contributed by atoms with Gasteiger partial charge in [0.25, 0.3) is 0 Å². The number of hydrogen-bond donors (Lipinski definition) is 1. The molecule has 0 bridgehead atoms. The van der Waals surface area contributed by atoms with Crippen LogP contribution in [0.4, 0.5) is 5.82 Å². The van der Waals surface area contributed by atoms with Gasteiger partial charge in [0, 0.05) is 12.3 Å². The monoisotopic (exact) mass is 345 g/mol. The van der Waals surface area contributed by atoms with Gasteiger partial charge in [0.05, 0.1) is 11.1 Å². The van der Waals surface area contributed by atoms with Gasteiger partial charge in [0.15, 0.2) is 5.82 Å². The first-order chi connectivity index (χ1) is 12.8. The molecule has 1 saturated carbocycles. The second-order valence-corrected chi connectivity index (χ2v) is 6.94. The van der Waals surface area contributed by atoms with Gasteiger partial charge in [-0.2, -0.15) is 5.10 Å². The molecular formula is C22H23N3O. The second kappa shape index (κ2) is 7.16. The molecule has 4 rings (SSSR count). The summed E-state index contributed by atoms with van der Waals surface area (Å²) in [5.41, 5.74) is 1.64. The summed E-state index contributed by atoms with van der Waals surface area (Å²) in [6.45, 7) is 0. The summed E-state index contributed by atoms with van der Waals surface area (Å²) in [7, 11) is 0. The maximum Gasteiger partial charge on any atom is 0.236 e. The lowest BCUT2D eigenvalue weighted by Gasteiger charge is -2.36. The molecule has 3 aromatic rings. The quantitative estimate of drug-likeness (QED) is 0.744. The molecule has 1 aliphatic carbocycles. The van der Waals surface area contributed by atoms with Crippen LogP contribution in [0.3, 0.4) is 0 Å². The first kappa shape index (κ1) is 16.6. The molecule has 0 aliphatic heterocycles. The van der Waals surface area contributed by atoms with Gasteiger partial charge in [-0.3, -0.25) is 4.79 Å². The lowest BCUT2D eigenvalue weighted by molar-refractivity contribution is -0.122. The number of hydrogen-bond acceptors (Lipinski definition) is 2. The molecule has 1 fully saturated rings. The third-order valence-electron chi connectivity index (χ3n) is 5.32. The number of aromatic nitrogens is 2. The molecule has 1 aromatic heterocycles. The van der Waals surface area contributed by atoms with Crippen molar-refractivity contribution in [2.75, 3.05) is 5.32 Å². The van der Waals surface area contributed by atoms with Crippen molar-refractivity contribution >= 4 is 11.7 Å². The minimum Gasteiger partial charge on any atom is -0.308 e. The van der Waals surface area contributed by atoms with Crippen LogP contribution in [-0.2, 0) is 10.2 Å². The summed E-state index contributed by atoms with van der Waals surface area (Å²) in [5.74, 6) is 0.654. The van der Waals surface area contributed by atoms with Gasteiger partial charge < -0.3 is 5.32 Å². The zero-order valence-electron chi connectivity index (χ0n) is 14.8. The fraction of sp³-hybridized carbons (Fsp3) is 0.273. The molecule has 2 aromatic carbocycles. The van der Waals surface area contributed by atoms with E-state index in [1.54, 1.807) is 4.68 Å². The topological polar surface area (TPSA) is 46.9 Å². The van der Waals surface area contributed by atoms with Gasteiger partial charge in [-0.1, -0.05) is 67.8 Å². The van der Waals surface area contributed by atoms with Gasteiger partial charge >= 0.3 is 0 Å². The highest BCUT2D eigenvalue weighted by atomic mass is 16.2. The standard InChI is InChI=1S/C22H23N3O/c26-21(22(15-8-3-9-16-22)18-10-4-1-5-11-18)23-20-14-17-25(24-20)19-12-6-2-7-13-19/h1-2,4-7,10-14,17H,3,8-9,15-16H2,(H,23,24,26). The van der Waals surface area contributed by atoms with Gasteiger partial charge in [-0.05, 0) is 30.5 Å². The number of rotatable bonds is 4. The molecule has 0 radical (unpaired) electrons. The Labute approximate surface area is 153 Å². The number of carbonyl (C=O) groups is 1. The van der Waals surface area contributed by atoms with Crippen molar-refractivity contribution in [3.8, 4) is 5.69 Å². The van der Waals surface area contributed by atoms with Crippen molar-refractivity contribution in [1.82, 2.24) is 9.78 Å². The number of carbonyl (C=O) groups excluding carboxylic acids is 1. The van der Waals surface area contributed by atoms with E-state index in [2.05, 4.69) is 22.5 Å². The van der Waals surface area contributed by atoms with Crippen molar-refractivity contribution in [3.05, 3.63) is 78.5 Å². The zero-order valence-corrected chi connectivity index (χ0v) is 14.8. The van der Waals surface area contributed by atoms with E-state index < -0.39 is 5.41 Å². The number of anilines is 1. The summed E-state index contributed by atoms with van der Waals surface area (Å²) in [6.07, 6.45) is 7.03. The van der Waals surface area contributed by atoms with Crippen LogP contribution in [-0.4, -0.2) is 15.7 Å². The molecule has 0 atom stereocenters. The Morgan fingerprint density at radius 3 is 2.23 bits per heavy atom. The van der Waals surface area contributed by atoms with Crippen molar-refractivity contribution in [3.63, 3.8) is 0 Å². The first-order valence-corrected chi connectivity index (χ1v) is 9.26. The summed E-state index contributed by atoms with van der Waals surface area (Å²) >= 11 is 0. The first-order valence-electron chi connectivity index (χ1n) is 9.26. The smallest absolute Gasteiger partial charge is 0.236 e. The third kappa shape index (κ3) is 3.15. The number of nitrogens with one attached hydrogen (secondary N) is 1. The lowest BCUT2D eigenvalue weighted by Crippen LogP contribution is -2.42. The zero-order chi connectivity index (χ0) is 17.8. The highest BCUT2D eigenvalue weighted by Gasteiger charge is 2.41. The van der Waals surface area contributed by atoms with Crippen LogP contribution >= 0.6 is 0 Å². The van der Waals surface area contributed by atoms with Gasteiger partial charge in [0.2, 0.25) is 5.91 Å². The molecule has 1 heterocycles. The van der Waals surface area contributed by atoms with Gasteiger partial charge in [0.1, 0.15) is 0 Å². The molecule has 4 heteroatoms. The van der Waals surface area contributed by atoms with Crippen LogP contribution in [0.5, 0.6) is 0 Å². The van der Waals surface area contributed by atoms with Crippen LogP contribution in [0.15, 0.2) is 72.9 Å². The average molecular weight is 345 g/mol. The molecule has 1 aliphatic rings. The summed E-state index contributed by atoms with van der Waals surface area (Å²) in [5, 5.41) is 7.60. The summed E-state index contributed by atoms with van der Waals surface area (Å²) < 4.78 is 1.78. The molecule has 26 heavy (non-hydrogen) atoms. The van der Waals surface area contributed by atoms with Crippen molar-refractivity contribution in [2.24, 2.45) is 0 Å². The van der Waals surface area contributed by atoms with E-state index in [-0.39, 0.29) is 5.91 Å². The Hall–Kier alpha value is -2.88. The van der Waals surface area contributed by atoms with Crippen LogP contribution in [0, 0.1) is 0 Å². The minimum atomic E-state index is -0.448. The van der Waals surface area contributed by atoms with Crippen molar-refractivity contribution in [1.29, 1.82) is 0 Å². The summed E-state index contributed by atoms with van der Waals surface area (Å²) in [4.78, 5) is 13.3. The molecule has 0 saturated heterocycles. The fourth-order valence-electron chi connectivity index (χ4n) is 3.91. The predicted octanol–water partition coefficient (Wildman–Crippen LogP) is 4.71. The van der Waals surface area contributed by atoms with Crippen LogP contribution in [0.25, 0.3) is 5.69 Å². The Morgan fingerprint density at radius 2 is 1.54 bits per heavy atom. The number of nitrogens with zero attached hydrogens (tertiary/aromatic N) is 2. The molecule has 1 N–H and O–H groups in total. The van der Waals surface area contributed by atoms with E-state index in [1.807, 2.05) is 60.8 Å². The van der Waals surface area contributed by atoms with E-state index in [9.17, 15) is 4.79 Å². The molecule has 0 unspecified atom stereocenters. The lowest BCUT2D eigenvalue weighted by atomic mass is 9.68. The van der Waals surface area contributed by atoms with E-state index in [1.165, 1.54) is 6.42 Å². The highest BCUT2D eigenvalue weighted by molar-refractivity contribution is 5.98. The Balaban J connectivity index is 1.59. The Morgan fingerprint density at radius 1 is 0.885 bits per heavy atom. The number of para-hydroxylation sites is 1. The van der Waals surface area contributed by atoms with Gasteiger partial charge in [-0.25, -0.2) is 4.68 Å². The normalized spacial score (nSPS) is 16.2. The van der Waals surface area contributed by atoms with Crippen LogP contribution in [0.1, 0.15) is 37.7 Å². The molecule has 0 spiro atoms. The van der Waals surface area contributed by atoms with E-state index in [0.29, 0.717) is 5.82 Å². The highest BCUT2D eigenvalue weighted by Crippen LogP contribution is 2.40. The fourth-order valence-corrected chi connectivity index (χ4v) is 3.91. The molecule has 1 amide bonds. The minimum absolute atomic E-state index is 0.0571. The third-order valence-corrected chi connectivity index (χ3v) is 5.32. The second-order valence-electron chi connectivity index (χ2n) is 6.94. The van der Waals surface area contributed by atoms with Crippen molar-refractivity contribution in [2.45, 2.75) is 37.5 Å². The van der Waals surface area contributed by atoms with Crippen molar-refractivity contribution < 1.29 is 4.79 Å². The SMILES string of the molecule is O=C(Nc1ccn(-c2ccccc2)n1)C1(c2ccccc2)CCCCC1. The van der Waals surface area contributed by atoms with Crippen LogP contribution in [0.2, 0.25) is 0 Å². The molecule has 4 nitrogen and oxygen atoms in total. The number of benzene rings is 2.